The Morgan fingerprint density at radius 2 is 1.00 bits per heavy atom. The molecule has 0 rings (SSSR count). The summed E-state index contributed by atoms with van der Waals surface area (Å²) in [5, 5.41) is 0. The molecule has 0 saturated heterocycles. The molecule has 0 aromatic heterocycles. The molecule has 0 amide bonds. The Morgan fingerprint density at radius 1 is 0.706 bits per heavy atom. The molecule has 0 radical (unpaired) electrons. The Balaban J connectivity index is 4.00. The van der Waals surface area contributed by atoms with Gasteiger partial charge < -0.3 is 0 Å². The van der Waals surface area contributed by atoms with Crippen molar-refractivity contribution in [3.05, 3.63) is 0 Å². The number of hydrogen-bond donors (Lipinski definition) is 0. The van der Waals surface area contributed by atoms with Gasteiger partial charge in [-0.15, -0.1) is 14.0 Å². The van der Waals surface area contributed by atoms with Crippen molar-refractivity contribution in [3.63, 3.8) is 0 Å². The third kappa shape index (κ3) is 9.48. The SMILES string of the molecule is O=P(OOCCF)(OOCCF)OOCCF. The van der Waals surface area contributed by atoms with Crippen molar-refractivity contribution in [2.24, 2.45) is 0 Å². The zero-order chi connectivity index (χ0) is 13.0. The van der Waals surface area contributed by atoms with E-state index in [1.165, 1.54) is 0 Å². The highest BCUT2D eigenvalue weighted by Crippen LogP contribution is 2.50. The fourth-order valence-electron chi connectivity index (χ4n) is 0.437. The zero-order valence-corrected chi connectivity index (χ0v) is 9.58. The summed E-state index contributed by atoms with van der Waals surface area (Å²) in [6.07, 6.45) is 0. The van der Waals surface area contributed by atoms with Gasteiger partial charge in [-0.25, -0.2) is 32.4 Å². The first-order valence-corrected chi connectivity index (χ1v) is 5.86. The van der Waals surface area contributed by atoms with Crippen LogP contribution in [0.1, 0.15) is 0 Å². The Kier molecular flexibility index (Phi) is 10.8. The van der Waals surface area contributed by atoms with Crippen LogP contribution in [0.5, 0.6) is 0 Å². The Bertz CT molecular complexity index is 187. The third-order valence-corrected chi connectivity index (χ3v) is 1.78. The summed E-state index contributed by atoms with van der Waals surface area (Å²) < 4.78 is 58.5. The van der Waals surface area contributed by atoms with E-state index in [0.717, 1.165) is 0 Å². The second-order valence-corrected chi connectivity index (χ2v) is 3.55. The maximum absolute atomic E-state index is 11.6. The van der Waals surface area contributed by atoms with Crippen molar-refractivity contribution < 1.29 is 46.4 Å². The van der Waals surface area contributed by atoms with E-state index in [4.69, 9.17) is 0 Å². The summed E-state index contributed by atoms with van der Waals surface area (Å²) in [5.74, 6) is 0. The molecular formula is C6H12F3O7P. The van der Waals surface area contributed by atoms with Gasteiger partial charge in [0.1, 0.15) is 39.8 Å². The number of hydrogen-bond acceptors (Lipinski definition) is 7. The first-order chi connectivity index (χ1) is 8.18. The van der Waals surface area contributed by atoms with Crippen molar-refractivity contribution in [2.45, 2.75) is 0 Å². The molecule has 7 nitrogen and oxygen atoms in total. The van der Waals surface area contributed by atoms with E-state index < -0.39 is 47.7 Å². The van der Waals surface area contributed by atoms with E-state index in [2.05, 4.69) is 28.7 Å². The van der Waals surface area contributed by atoms with Crippen LogP contribution in [-0.2, 0) is 33.3 Å². The summed E-state index contributed by atoms with van der Waals surface area (Å²) >= 11 is 0. The Labute approximate surface area is 95.1 Å². The molecule has 0 aromatic carbocycles. The molecule has 0 aromatic rings. The topological polar surface area (TPSA) is 72.5 Å². The summed E-state index contributed by atoms with van der Waals surface area (Å²) in [7, 11) is -4.48. The predicted octanol–water partition coefficient (Wildman–Crippen LogP) is 1.85. The van der Waals surface area contributed by atoms with Crippen LogP contribution in [0, 0.1) is 0 Å². The van der Waals surface area contributed by atoms with Gasteiger partial charge in [-0.1, -0.05) is 0 Å². The van der Waals surface area contributed by atoms with Gasteiger partial charge in [0.05, 0.1) is 0 Å². The lowest BCUT2D eigenvalue weighted by Crippen LogP contribution is -2.06. The highest BCUT2D eigenvalue weighted by Gasteiger charge is 2.32. The molecular weight excluding hydrogens is 272 g/mol. The van der Waals surface area contributed by atoms with E-state index in [-0.39, 0.29) is 0 Å². The highest BCUT2D eigenvalue weighted by atomic mass is 31.2. The maximum Gasteiger partial charge on any atom is 0.556 e. The normalized spacial score (nSPS) is 11.9. The first kappa shape index (κ1) is 16.8. The van der Waals surface area contributed by atoms with Crippen molar-refractivity contribution in [3.8, 4) is 0 Å². The van der Waals surface area contributed by atoms with Gasteiger partial charge in [0.25, 0.3) is 0 Å². The number of alkyl halides is 3. The molecule has 0 atom stereocenters. The fraction of sp³-hybridized carbons (Fsp3) is 1.00. The van der Waals surface area contributed by atoms with Crippen molar-refractivity contribution in [1.29, 1.82) is 0 Å². The molecule has 0 fully saturated rings. The lowest BCUT2D eigenvalue weighted by atomic mass is 10.8. The molecule has 0 saturated carbocycles. The summed E-state index contributed by atoms with van der Waals surface area (Å²) in [6, 6.07) is 0. The van der Waals surface area contributed by atoms with Gasteiger partial charge in [0, 0.05) is 0 Å². The van der Waals surface area contributed by atoms with Crippen LogP contribution >= 0.6 is 7.82 Å². The second-order valence-electron chi connectivity index (χ2n) is 2.20. The molecule has 0 aliphatic carbocycles. The highest BCUT2D eigenvalue weighted by molar-refractivity contribution is 7.48. The van der Waals surface area contributed by atoms with Crippen molar-refractivity contribution >= 4 is 7.82 Å². The van der Waals surface area contributed by atoms with Gasteiger partial charge in [0.2, 0.25) is 0 Å². The lowest BCUT2D eigenvalue weighted by Gasteiger charge is -2.13. The van der Waals surface area contributed by atoms with Crippen LogP contribution in [0.25, 0.3) is 0 Å². The lowest BCUT2D eigenvalue weighted by molar-refractivity contribution is -0.325. The summed E-state index contributed by atoms with van der Waals surface area (Å²) in [5.41, 5.74) is 0. The molecule has 0 heterocycles. The maximum atomic E-state index is 11.6. The minimum atomic E-state index is -4.48. The largest absolute Gasteiger partial charge is 0.556 e. The molecule has 0 aliphatic rings. The second kappa shape index (κ2) is 10.9. The molecule has 104 valence electrons. The quantitative estimate of drug-likeness (QED) is 0.234. The average Bonchev–Trinajstić information content (AvgIpc) is 2.30. The van der Waals surface area contributed by atoms with Gasteiger partial charge in [-0.3, -0.25) is 0 Å². The minimum absolute atomic E-state index is 0.553. The van der Waals surface area contributed by atoms with E-state index in [0.29, 0.717) is 0 Å². The van der Waals surface area contributed by atoms with Crippen LogP contribution in [-0.4, -0.2) is 39.8 Å². The Morgan fingerprint density at radius 3 is 1.24 bits per heavy atom. The smallest absolute Gasteiger partial charge is 0.248 e. The summed E-state index contributed by atoms with van der Waals surface area (Å²) in [6.45, 7) is -4.42. The van der Waals surface area contributed by atoms with Gasteiger partial charge >= 0.3 is 7.82 Å². The molecule has 17 heavy (non-hydrogen) atoms. The molecule has 0 bridgehead atoms. The van der Waals surface area contributed by atoms with Crippen LogP contribution < -0.4 is 0 Å². The Hall–Kier alpha value is -0.220. The predicted molar refractivity (Wildman–Crippen MR) is 46.6 cm³/mol. The molecule has 0 aliphatic heterocycles. The standard InChI is InChI=1S/C6H12F3O7P/c7-1-4-11-14-17(10,15-12-5-2-8)16-13-6-3-9/h1-6H2. The van der Waals surface area contributed by atoms with E-state index in [9.17, 15) is 17.7 Å². The minimum Gasteiger partial charge on any atom is -0.248 e. The average molecular weight is 284 g/mol. The van der Waals surface area contributed by atoms with Crippen LogP contribution in [0.15, 0.2) is 0 Å². The van der Waals surface area contributed by atoms with E-state index in [1.54, 1.807) is 0 Å². The van der Waals surface area contributed by atoms with Crippen LogP contribution in [0.3, 0.4) is 0 Å². The number of halogens is 3. The zero-order valence-electron chi connectivity index (χ0n) is 8.68. The van der Waals surface area contributed by atoms with Crippen LogP contribution in [0.2, 0.25) is 0 Å². The number of rotatable bonds is 12. The van der Waals surface area contributed by atoms with E-state index in [1.807, 2.05) is 0 Å². The monoisotopic (exact) mass is 284 g/mol. The van der Waals surface area contributed by atoms with E-state index >= 15 is 0 Å². The van der Waals surface area contributed by atoms with Crippen molar-refractivity contribution in [1.82, 2.24) is 0 Å². The first-order valence-electron chi connectivity index (χ1n) is 4.40. The molecule has 0 spiro atoms. The summed E-state index contributed by atoms with van der Waals surface area (Å²) in [4.78, 5) is 12.2. The third-order valence-electron chi connectivity index (χ3n) is 0.913. The van der Waals surface area contributed by atoms with Crippen molar-refractivity contribution in [2.75, 3.05) is 39.8 Å². The van der Waals surface area contributed by atoms with Gasteiger partial charge in [0.15, 0.2) is 0 Å². The fourth-order valence-corrected chi connectivity index (χ4v) is 1.12. The molecule has 0 N–H and O–H groups in total. The van der Waals surface area contributed by atoms with Gasteiger partial charge in [-0.2, -0.15) is 0 Å². The number of phosphoric acid groups is 1. The van der Waals surface area contributed by atoms with Gasteiger partial charge in [-0.05, 0) is 0 Å². The molecule has 0 unspecified atom stereocenters. The molecule has 11 heteroatoms. The van der Waals surface area contributed by atoms with Crippen LogP contribution in [0.4, 0.5) is 13.2 Å².